The van der Waals surface area contributed by atoms with E-state index in [4.69, 9.17) is 9.47 Å². The van der Waals surface area contributed by atoms with Gasteiger partial charge in [0.15, 0.2) is 0 Å². The molecule has 11 nitrogen and oxygen atoms in total. The van der Waals surface area contributed by atoms with Crippen molar-refractivity contribution in [3.63, 3.8) is 0 Å². The predicted octanol–water partition coefficient (Wildman–Crippen LogP) is -1.47. The quantitative estimate of drug-likeness (QED) is 0.102. The Kier molecular flexibility index (Phi) is 26.1. The van der Waals surface area contributed by atoms with Crippen LogP contribution in [0.15, 0.2) is 24.3 Å². The number of carbonyl (C=O) groups excluding carboxylic acids is 6. The molecular weight excluding hydrogens is 701 g/mol. The van der Waals surface area contributed by atoms with Gasteiger partial charge in [-0.3, -0.25) is 9.59 Å². The van der Waals surface area contributed by atoms with E-state index in [1.165, 1.54) is 0 Å². The fourth-order valence-corrected chi connectivity index (χ4v) is 4.27. The number of ketones is 2. The van der Waals surface area contributed by atoms with Gasteiger partial charge in [0.25, 0.3) is 0 Å². The molecule has 1 N–H and O–H groups in total. The first-order valence-corrected chi connectivity index (χ1v) is 14.3. The molecule has 1 aromatic carbocycles. The summed E-state index contributed by atoms with van der Waals surface area (Å²) < 4.78 is 10.4. The van der Waals surface area contributed by atoms with Gasteiger partial charge >= 0.3 is 122 Å². The van der Waals surface area contributed by atoms with Gasteiger partial charge in [-0.1, -0.05) is 44.0 Å². The molecule has 1 aliphatic rings. The molecule has 43 heavy (non-hydrogen) atoms. The second-order valence-corrected chi connectivity index (χ2v) is 10.2. The summed E-state index contributed by atoms with van der Waals surface area (Å²) in [6.07, 6.45) is 5.88. The van der Waals surface area contributed by atoms with Gasteiger partial charge in [0.2, 0.25) is 0 Å². The first kappa shape index (κ1) is 43.0. The van der Waals surface area contributed by atoms with Crippen molar-refractivity contribution in [2.75, 3.05) is 32.9 Å². The number of rotatable bonds is 19. The van der Waals surface area contributed by atoms with Crippen LogP contribution in [0, 0.1) is 11.8 Å². The third-order valence-corrected chi connectivity index (χ3v) is 6.59. The Morgan fingerprint density at radius 2 is 1.74 bits per heavy atom. The normalized spacial score (nSPS) is 14.7. The van der Waals surface area contributed by atoms with E-state index < -0.39 is 30.2 Å². The van der Waals surface area contributed by atoms with Crippen LogP contribution in [0.5, 0.6) is 0 Å². The molecule has 1 fully saturated rings. The SMILES string of the molecule is CC(C=O)CCCCNC(=O)OCCCOCC[N-]C(=O)CC(=O)[N-]c1ccc(CC(=O)C2CCCCC2=O)cc1.[Rb+].[Rb+]. The number of nitrogens with zero attached hydrogens (tertiary/aromatic N) is 2. The van der Waals surface area contributed by atoms with Crippen LogP contribution in [0.2, 0.25) is 0 Å². The van der Waals surface area contributed by atoms with Gasteiger partial charge in [-0.05, 0) is 31.2 Å². The maximum Gasteiger partial charge on any atom is 1.00 e. The van der Waals surface area contributed by atoms with Crippen LogP contribution in [0.3, 0.4) is 0 Å². The molecule has 0 aromatic heterocycles. The van der Waals surface area contributed by atoms with Crippen molar-refractivity contribution in [3.05, 3.63) is 40.5 Å². The second kappa shape index (κ2) is 26.1. The summed E-state index contributed by atoms with van der Waals surface area (Å²) in [5, 5.41) is 10.3. The average molecular weight is 743 g/mol. The third kappa shape index (κ3) is 20.0. The van der Waals surface area contributed by atoms with Crippen molar-refractivity contribution >= 4 is 41.4 Å². The summed E-state index contributed by atoms with van der Waals surface area (Å²) in [6, 6.07) is 6.59. The van der Waals surface area contributed by atoms with E-state index in [9.17, 15) is 28.8 Å². The Morgan fingerprint density at radius 1 is 1.00 bits per heavy atom. The van der Waals surface area contributed by atoms with Gasteiger partial charge in [-0.15, -0.1) is 12.2 Å². The summed E-state index contributed by atoms with van der Waals surface area (Å²) in [6.45, 7) is 3.16. The molecule has 1 aromatic rings. The van der Waals surface area contributed by atoms with Crippen molar-refractivity contribution in [2.45, 2.75) is 71.1 Å². The van der Waals surface area contributed by atoms with Gasteiger partial charge in [-0.2, -0.15) is 0 Å². The standard InChI is InChI=1S/C30H43N3O8.2Rb/c1-22(21-34)7-4-5-14-32-30(39)41-17-6-16-40-18-15-31-28(37)20-29(38)33-24-12-10-23(11-13-24)19-27(36)25-8-2-3-9-26(25)35;;/h10-13,21-22,25H,2-9,14-20H2,1H3,(H3,31,32,33,37,38,39);;/q;2*+1/p-2. The minimum absolute atomic E-state index is 0. The molecule has 0 aliphatic heterocycles. The zero-order valence-corrected chi connectivity index (χ0v) is 35.6. The fraction of sp³-hybridized carbons (Fsp3) is 0.600. The molecule has 1 aliphatic carbocycles. The third-order valence-electron chi connectivity index (χ3n) is 6.59. The van der Waals surface area contributed by atoms with Gasteiger partial charge in [0, 0.05) is 51.4 Å². The predicted molar refractivity (Wildman–Crippen MR) is 152 cm³/mol. The molecular formula is C30H41N3O8Rb2. The van der Waals surface area contributed by atoms with E-state index in [-0.39, 0.29) is 160 Å². The minimum Gasteiger partial charge on any atom is -0.651 e. The summed E-state index contributed by atoms with van der Waals surface area (Å²) in [5.74, 6) is -1.74. The molecule has 0 saturated heterocycles. The molecule has 2 atom stereocenters. The number of carbonyl (C=O) groups is 6. The number of amides is 3. The summed E-state index contributed by atoms with van der Waals surface area (Å²) >= 11 is 0. The van der Waals surface area contributed by atoms with E-state index in [0.717, 1.165) is 44.0 Å². The summed E-state index contributed by atoms with van der Waals surface area (Å²) in [7, 11) is 0. The first-order valence-electron chi connectivity index (χ1n) is 14.3. The van der Waals surface area contributed by atoms with Gasteiger partial charge in [0.05, 0.1) is 24.3 Å². The monoisotopic (exact) mass is 741 g/mol. The van der Waals surface area contributed by atoms with Crippen molar-refractivity contribution < 1.29 is 155 Å². The Bertz CT molecular complexity index is 1020. The minimum atomic E-state index is -0.623. The van der Waals surface area contributed by atoms with Gasteiger partial charge in [-0.25, -0.2) is 4.79 Å². The topological polar surface area (TPSA) is 161 Å². The van der Waals surface area contributed by atoms with Crippen LogP contribution in [0.1, 0.15) is 70.3 Å². The largest absolute Gasteiger partial charge is 1.00 e. The maximum absolute atomic E-state index is 12.4. The van der Waals surface area contributed by atoms with Gasteiger partial charge in [0.1, 0.15) is 17.9 Å². The molecule has 3 amide bonds. The van der Waals surface area contributed by atoms with E-state index >= 15 is 0 Å². The van der Waals surface area contributed by atoms with Crippen molar-refractivity contribution in [2.24, 2.45) is 11.8 Å². The average Bonchev–Trinajstić information content (AvgIpc) is 2.95. The zero-order valence-electron chi connectivity index (χ0n) is 25.8. The van der Waals surface area contributed by atoms with E-state index in [0.29, 0.717) is 38.1 Å². The number of unbranched alkanes of at least 4 members (excludes halogenated alkanes) is 1. The number of benzene rings is 1. The van der Waals surface area contributed by atoms with Crippen LogP contribution in [-0.4, -0.2) is 68.7 Å². The molecule has 13 heteroatoms. The van der Waals surface area contributed by atoms with Gasteiger partial charge < -0.3 is 39.8 Å². The Balaban J connectivity index is 0.00000882. The fourth-order valence-electron chi connectivity index (χ4n) is 4.27. The number of alkyl carbamates (subject to hydrolysis) is 1. The molecule has 0 spiro atoms. The number of hydrogen-bond acceptors (Lipinski definition) is 8. The van der Waals surface area contributed by atoms with Crippen molar-refractivity contribution in [1.82, 2.24) is 5.32 Å². The van der Waals surface area contributed by atoms with Crippen LogP contribution < -0.4 is 122 Å². The number of aldehydes is 1. The Morgan fingerprint density at radius 3 is 2.44 bits per heavy atom. The van der Waals surface area contributed by atoms with Crippen LogP contribution >= 0.6 is 0 Å². The van der Waals surface area contributed by atoms with Crippen LogP contribution in [0.4, 0.5) is 10.5 Å². The van der Waals surface area contributed by atoms with E-state index in [1.807, 2.05) is 6.92 Å². The number of ether oxygens (including phenoxy) is 2. The smallest absolute Gasteiger partial charge is 0.651 e. The molecule has 226 valence electrons. The van der Waals surface area contributed by atoms with E-state index in [1.54, 1.807) is 24.3 Å². The number of Topliss-reactive ketones (excluding diaryl/α,β-unsaturated/α-hetero) is 2. The number of hydrogen-bond donors (Lipinski definition) is 1. The van der Waals surface area contributed by atoms with Crippen molar-refractivity contribution in [1.29, 1.82) is 0 Å². The molecule has 2 unspecified atom stereocenters. The maximum atomic E-state index is 12.4. The van der Waals surface area contributed by atoms with E-state index in [2.05, 4.69) is 16.0 Å². The zero-order chi connectivity index (χ0) is 29.9. The summed E-state index contributed by atoms with van der Waals surface area (Å²) in [4.78, 5) is 70.6. The second-order valence-electron chi connectivity index (χ2n) is 10.2. The Labute approximate surface area is 352 Å². The molecule has 2 rings (SSSR count). The summed E-state index contributed by atoms with van der Waals surface area (Å²) in [5.41, 5.74) is 1.12. The van der Waals surface area contributed by atoms with Crippen LogP contribution in [0.25, 0.3) is 10.6 Å². The molecule has 0 heterocycles. The number of nitrogens with one attached hydrogen (secondary N) is 1. The Hall–Kier alpha value is 0.0104. The molecule has 0 radical (unpaired) electrons. The van der Waals surface area contributed by atoms with Crippen LogP contribution in [-0.2, 0) is 39.9 Å². The molecule has 0 bridgehead atoms. The van der Waals surface area contributed by atoms with Crippen molar-refractivity contribution in [3.8, 4) is 0 Å². The molecule has 1 saturated carbocycles. The first-order chi connectivity index (χ1) is 19.8.